The van der Waals surface area contributed by atoms with Gasteiger partial charge in [0.2, 0.25) is 0 Å². The molecule has 1 aliphatic heterocycles. The fourth-order valence-electron chi connectivity index (χ4n) is 3.30. The monoisotopic (exact) mass is 410 g/mol. The van der Waals surface area contributed by atoms with Gasteiger partial charge in [0, 0.05) is 38.1 Å². The van der Waals surface area contributed by atoms with Gasteiger partial charge >= 0.3 is 0 Å². The number of aromatic nitrogens is 1. The number of para-hydroxylation sites is 1. The van der Waals surface area contributed by atoms with Gasteiger partial charge in [-0.3, -0.25) is 4.79 Å². The Morgan fingerprint density at radius 3 is 2.52 bits per heavy atom. The molecular formula is C20H28Cl2N4O. The molecule has 3 rings (SSSR count). The van der Waals surface area contributed by atoms with Crippen molar-refractivity contribution >= 4 is 42.2 Å². The number of carbonyl (C=O) groups excluding carboxylic acids is 1. The van der Waals surface area contributed by atoms with Crippen LogP contribution in [0.1, 0.15) is 30.1 Å². The Labute approximate surface area is 173 Å². The summed E-state index contributed by atoms with van der Waals surface area (Å²) in [5.41, 5.74) is 7.72. The molecule has 1 aliphatic rings. The second-order valence-corrected chi connectivity index (χ2v) is 6.81. The Bertz CT molecular complexity index is 710. The van der Waals surface area contributed by atoms with Crippen molar-refractivity contribution in [1.82, 2.24) is 9.88 Å². The molecule has 0 spiro atoms. The molecular weight excluding hydrogens is 383 g/mol. The Balaban J connectivity index is 0.00000182. The van der Waals surface area contributed by atoms with Crippen molar-refractivity contribution < 1.29 is 4.79 Å². The van der Waals surface area contributed by atoms with Gasteiger partial charge in [0.25, 0.3) is 5.91 Å². The number of amides is 1. The fraction of sp³-hybridized carbons (Fsp3) is 0.400. The van der Waals surface area contributed by atoms with Gasteiger partial charge in [-0.25, -0.2) is 4.98 Å². The van der Waals surface area contributed by atoms with Crippen LogP contribution in [0.4, 0.5) is 11.5 Å². The zero-order chi connectivity index (χ0) is 17.8. The average Bonchev–Trinajstić information content (AvgIpc) is 2.67. The number of halogens is 2. The zero-order valence-electron chi connectivity index (χ0n) is 15.7. The van der Waals surface area contributed by atoms with Crippen LogP contribution < -0.4 is 10.6 Å². The lowest BCUT2D eigenvalue weighted by molar-refractivity contribution is 0.0660. The largest absolute Gasteiger partial charge is 0.338 e. The summed E-state index contributed by atoms with van der Waals surface area (Å²) in [6, 6.07) is 13.9. The SMILES string of the molecule is CC(N)C1CCCN(C(=O)c2ccc(N(C)c3ccccc3)nc2)C1.Cl.Cl. The maximum absolute atomic E-state index is 12.8. The molecule has 148 valence electrons. The molecule has 0 bridgehead atoms. The molecule has 1 aromatic heterocycles. The lowest BCUT2D eigenvalue weighted by Gasteiger charge is -2.34. The summed E-state index contributed by atoms with van der Waals surface area (Å²) in [4.78, 5) is 21.1. The summed E-state index contributed by atoms with van der Waals surface area (Å²) in [5, 5.41) is 0. The van der Waals surface area contributed by atoms with Gasteiger partial charge in [0.15, 0.2) is 0 Å². The average molecular weight is 411 g/mol. The van der Waals surface area contributed by atoms with E-state index < -0.39 is 0 Å². The highest BCUT2D eigenvalue weighted by Crippen LogP contribution is 2.23. The maximum Gasteiger partial charge on any atom is 0.255 e. The molecule has 2 unspecified atom stereocenters. The highest BCUT2D eigenvalue weighted by atomic mass is 35.5. The van der Waals surface area contributed by atoms with Crippen molar-refractivity contribution in [2.24, 2.45) is 11.7 Å². The second-order valence-electron chi connectivity index (χ2n) is 6.81. The summed E-state index contributed by atoms with van der Waals surface area (Å²) >= 11 is 0. The minimum atomic E-state index is 0. The lowest BCUT2D eigenvalue weighted by Crippen LogP contribution is -2.45. The van der Waals surface area contributed by atoms with Crippen molar-refractivity contribution in [2.45, 2.75) is 25.8 Å². The van der Waals surface area contributed by atoms with Crippen LogP contribution >= 0.6 is 24.8 Å². The lowest BCUT2D eigenvalue weighted by atomic mass is 9.92. The van der Waals surface area contributed by atoms with Crippen LogP contribution in [-0.4, -0.2) is 42.0 Å². The number of rotatable bonds is 4. The zero-order valence-corrected chi connectivity index (χ0v) is 17.4. The van der Waals surface area contributed by atoms with Crippen LogP contribution in [0, 0.1) is 5.92 Å². The van der Waals surface area contributed by atoms with E-state index in [0.29, 0.717) is 11.5 Å². The molecule has 7 heteroatoms. The number of nitrogens with two attached hydrogens (primary N) is 1. The first-order chi connectivity index (χ1) is 12.1. The third-order valence-corrected chi connectivity index (χ3v) is 4.97. The highest BCUT2D eigenvalue weighted by Gasteiger charge is 2.26. The Morgan fingerprint density at radius 1 is 1.22 bits per heavy atom. The van der Waals surface area contributed by atoms with Crippen LogP contribution in [-0.2, 0) is 0 Å². The molecule has 5 nitrogen and oxygen atoms in total. The van der Waals surface area contributed by atoms with Crippen LogP contribution in [0.2, 0.25) is 0 Å². The van der Waals surface area contributed by atoms with E-state index in [1.807, 2.05) is 66.2 Å². The number of carbonyl (C=O) groups is 1. The van der Waals surface area contributed by atoms with E-state index in [1.54, 1.807) is 6.20 Å². The Kier molecular flexibility index (Phi) is 9.03. The third kappa shape index (κ3) is 5.58. The van der Waals surface area contributed by atoms with Crippen molar-refractivity contribution in [3.8, 4) is 0 Å². The van der Waals surface area contributed by atoms with E-state index in [2.05, 4.69) is 4.98 Å². The van der Waals surface area contributed by atoms with Gasteiger partial charge in [0.05, 0.1) is 5.56 Å². The van der Waals surface area contributed by atoms with Gasteiger partial charge in [0.1, 0.15) is 5.82 Å². The first-order valence-electron chi connectivity index (χ1n) is 8.86. The van der Waals surface area contributed by atoms with Crippen LogP contribution in [0.3, 0.4) is 0 Å². The number of nitrogens with zero attached hydrogens (tertiary/aromatic N) is 3. The van der Waals surface area contributed by atoms with Crippen LogP contribution in [0.15, 0.2) is 48.7 Å². The topological polar surface area (TPSA) is 62.5 Å². The predicted molar refractivity (Wildman–Crippen MR) is 116 cm³/mol. The molecule has 1 aromatic carbocycles. The summed E-state index contributed by atoms with van der Waals surface area (Å²) < 4.78 is 0. The summed E-state index contributed by atoms with van der Waals surface area (Å²) in [6.45, 7) is 3.56. The van der Waals surface area contributed by atoms with Crippen molar-refractivity contribution in [1.29, 1.82) is 0 Å². The number of anilines is 2. The number of hydrogen-bond donors (Lipinski definition) is 1. The van der Waals surface area contributed by atoms with E-state index >= 15 is 0 Å². The fourth-order valence-corrected chi connectivity index (χ4v) is 3.30. The van der Waals surface area contributed by atoms with E-state index in [-0.39, 0.29) is 36.8 Å². The minimum Gasteiger partial charge on any atom is -0.338 e. The van der Waals surface area contributed by atoms with Crippen molar-refractivity contribution in [3.05, 3.63) is 54.2 Å². The van der Waals surface area contributed by atoms with Gasteiger partial charge in [-0.1, -0.05) is 18.2 Å². The first kappa shape index (κ1) is 23.2. The molecule has 0 saturated carbocycles. The maximum atomic E-state index is 12.8. The summed E-state index contributed by atoms with van der Waals surface area (Å²) in [6.07, 6.45) is 3.79. The predicted octanol–water partition coefficient (Wildman–Crippen LogP) is 3.89. The Hall–Kier alpha value is -1.82. The van der Waals surface area contributed by atoms with Crippen LogP contribution in [0.25, 0.3) is 0 Å². The highest BCUT2D eigenvalue weighted by molar-refractivity contribution is 5.94. The molecule has 0 radical (unpaired) electrons. The molecule has 0 aliphatic carbocycles. The summed E-state index contributed by atoms with van der Waals surface area (Å²) in [7, 11) is 1.97. The molecule has 2 N–H and O–H groups in total. The van der Waals surface area contributed by atoms with E-state index in [4.69, 9.17) is 5.73 Å². The van der Waals surface area contributed by atoms with Gasteiger partial charge in [-0.05, 0) is 49.9 Å². The quantitative estimate of drug-likeness (QED) is 0.829. The molecule has 2 atom stereocenters. The van der Waals surface area contributed by atoms with E-state index in [1.165, 1.54) is 0 Å². The molecule has 1 amide bonds. The number of likely N-dealkylation sites (tertiary alicyclic amines) is 1. The molecule has 1 saturated heterocycles. The molecule has 1 fully saturated rings. The number of hydrogen-bond acceptors (Lipinski definition) is 4. The second kappa shape index (κ2) is 10.5. The van der Waals surface area contributed by atoms with Gasteiger partial charge in [-0.15, -0.1) is 24.8 Å². The molecule has 2 aromatic rings. The molecule has 27 heavy (non-hydrogen) atoms. The van der Waals surface area contributed by atoms with Crippen molar-refractivity contribution in [3.63, 3.8) is 0 Å². The van der Waals surface area contributed by atoms with Crippen molar-refractivity contribution in [2.75, 3.05) is 25.0 Å². The van der Waals surface area contributed by atoms with Gasteiger partial charge in [-0.2, -0.15) is 0 Å². The Morgan fingerprint density at radius 2 is 1.93 bits per heavy atom. The standard InChI is InChI=1S/C20H26N4O.2ClH/c1-15(21)17-7-6-12-24(14-17)20(25)16-10-11-19(22-13-16)23(2)18-8-4-3-5-9-18;;/h3-5,8-11,13,15,17H,6-7,12,14,21H2,1-2H3;2*1H. The third-order valence-electron chi connectivity index (χ3n) is 4.97. The number of benzene rings is 1. The first-order valence-corrected chi connectivity index (χ1v) is 8.86. The minimum absolute atomic E-state index is 0. The molecule has 2 heterocycles. The van der Waals surface area contributed by atoms with E-state index in [9.17, 15) is 4.79 Å². The normalized spacial score (nSPS) is 17.3. The number of piperidine rings is 1. The smallest absolute Gasteiger partial charge is 0.255 e. The summed E-state index contributed by atoms with van der Waals surface area (Å²) in [5.74, 6) is 1.25. The number of pyridine rings is 1. The van der Waals surface area contributed by atoms with E-state index in [0.717, 1.165) is 37.4 Å². The van der Waals surface area contributed by atoms with Crippen LogP contribution in [0.5, 0.6) is 0 Å². The van der Waals surface area contributed by atoms with Gasteiger partial charge < -0.3 is 15.5 Å².